The molecule has 0 bridgehead atoms. The molecule has 1 saturated heterocycles. The predicted octanol–water partition coefficient (Wildman–Crippen LogP) is 2.46. The number of amides is 1. The number of carbonyl (C=O) groups is 1. The Morgan fingerprint density at radius 2 is 1.86 bits per heavy atom. The summed E-state index contributed by atoms with van der Waals surface area (Å²) in [5.74, 6) is 0.788. The van der Waals surface area contributed by atoms with E-state index in [1.54, 1.807) is 6.07 Å². The summed E-state index contributed by atoms with van der Waals surface area (Å²) >= 11 is 0. The third-order valence-corrected chi connectivity index (χ3v) is 4.50. The number of nitrogen functional groups attached to an aromatic ring is 1. The second-order valence-electron chi connectivity index (χ2n) is 5.81. The molecule has 21 heavy (non-hydrogen) atoms. The minimum atomic E-state index is 0.0781. The van der Waals surface area contributed by atoms with Gasteiger partial charge < -0.3 is 15.5 Å². The molecule has 0 unspecified atom stereocenters. The number of rotatable bonds is 5. The molecule has 1 aromatic carbocycles. The third kappa shape index (κ3) is 3.97. The van der Waals surface area contributed by atoms with Crippen LogP contribution in [0, 0.1) is 5.92 Å². The first-order valence-corrected chi connectivity index (χ1v) is 8.01. The fraction of sp³-hybridized carbons (Fsp3) is 0.588. The summed E-state index contributed by atoms with van der Waals surface area (Å²) in [6.07, 6.45) is 2.18. The summed E-state index contributed by atoms with van der Waals surface area (Å²) in [5, 5.41) is 0. The highest BCUT2D eigenvalue weighted by Gasteiger charge is 2.25. The van der Waals surface area contributed by atoms with E-state index in [9.17, 15) is 4.79 Å². The molecule has 0 atom stereocenters. The number of likely N-dealkylation sites (tertiary alicyclic amines) is 1. The van der Waals surface area contributed by atoms with Crippen molar-refractivity contribution < 1.29 is 4.79 Å². The molecule has 1 aliphatic rings. The number of nitrogens with zero attached hydrogens (tertiary/aromatic N) is 2. The number of hydrogen-bond donors (Lipinski definition) is 1. The number of nitrogens with two attached hydrogens (primary N) is 1. The number of carbonyl (C=O) groups excluding carboxylic acids is 1. The number of benzene rings is 1. The van der Waals surface area contributed by atoms with Crippen LogP contribution < -0.4 is 5.73 Å². The van der Waals surface area contributed by atoms with Crippen molar-refractivity contribution in [3.05, 3.63) is 29.8 Å². The van der Waals surface area contributed by atoms with Gasteiger partial charge in [-0.15, -0.1) is 0 Å². The second kappa shape index (κ2) is 7.46. The van der Waals surface area contributed by atoms with Gasteiger partial charge in [-0.1, -0.05) is 26.0 Å². The molecule has 2 N–H and O–H groups in total. The third-order valence-electron chi connectivity index (χ3n) is 4.50. The molecule has 4 nitrogen and oxygen atoms in total. The zero-order chi connectivity index (χ0) is 15.2. The van der Waals surface area contributed by atoms with Crippen LogP contribution in [0.5, 0.6) is 0 Å². The molecule has 4 heteroatoms. The van der Waals surface area contributed by atoms with Crippen LogP contribution in [0.1, 0.15) is 37.0 Å². The van der Waals surface area contributed by atoms with Gasteiger partial charge in [-0.05, 0) is 44.0 Å². The van der Waals surface area contributed by atoms with Crippen molar-refractivity contribution >= 4 is 11.6 Å². The average molecular weight is 289 g/mol. The quantitative estimate of drug-likeness (QED) is 0.847. The Morgan fingerprint density at radius 1 is 1.24 bits per heavy atom. The molecule has 1 heterocycles. The van der Waals surface area contributed by atoms with E-state index in [1.165, 1.54) is 0 Å². The molecular weight excluding hydrogens is 262 g/mol. The Morgan fingerprint density at radius 3 is 2.43 bits per heavy atom. The monoisotopic (exact) mass is 289 g/mol. The van der Waals surface area contributed by atoms with Gasteiger partial charge in [-0.25, -0.2) is 0 Å². The standard InChI is InChI=1S/C17H27N3O/c1-3-19(4-2)13-14-9-11-20(12-10-14)17(21)15-7-5-6-8-16(15)18/h5-8,14H,3-4,9-13,18H2,1-2H3. The fourth-order valence-corrected chi connectivity index (χ4v) is 3.03. The maximum absolute atomic E-state index is 12.5. The topological polar surface area (TPSA) is 49.6 Å². The number of hydrogen-bond acceptors (Lipinski definition) is 3. The van der Waals surface area contributed by atoms with Crippen LogP contribution in [-0.2, 0) is 0 Å². The van der Waals surface area contributed by atoms with E-state index in [1.807, 2.05) is 23.1 Å². The Hall–Kier alpha value is -1.55. The van der Waals surface area contributed by atoms with Crippen LogP contribution in [0.15, 0.2) is 24.3 Å². The van der Waals surface area contributed by atoms with Gasteiger partial charge in [0, 0.05) is 25.3 Å². The first kappa shape index (κ1) is 15.8. The molecule has 1 aliphatic heterocycles. The minimum Gasteiger partial charge on any atom is -0.398 e. The molecule has 1 fully saturated rings. The minimum absolute atomic E-state index is 0.0781. The summed E-state index contributed by atoms with van der Waals surface area (Å²) < 4.78 is 0. The summed E-state index contributed by atoms with van der Waals surface area (Å²) in [6, 6.07) is 7.35. The zero-order valence-corrected chi connectivity index (χ0v) is 13.2. The Kier molecular flexibility index (Phi) is 5.62. The van der Waals surface area contributed by atoms with Crippen LogP contribution >= 0.6 is 0 Å². The van der Waals surface area contributed by atoms with E-state index in [0.717, 1.165) is 45.6 Å². The van der Waals surface area contributed by atoms with Crippen LogP contribution in [0.2, 0.25) is 0 Å². The largest absolute Gasteiger partial charge is 0.398 e. The maximum atomic E-state index is 12.5. The highest BCUT2D eigenvalue weighted by molar-refractivity contribution is 5.99. The molecule has 116 valence electrons. The molecule has 1 aromatic rings. The van der Waals surface area contributed by atoms with E-state index < -0.39 is 0 Å². The van der Waals surface area contributed by atoms with Crippen LogP contribution in [-0.4, -0.2) is 48.4 Å². The molecule has 0 aromatic heterocycles. The highest BCUT2D eigenvalue weighted by Crippen LogP contribution is 2.21. The normalized spacial score (nSPS) is 16.4. The van der Waals surface area contributed by atoms with Gasteiger partial charge in [-0.2, -0.15) is 0 Å². The lowest BCUT2D eigenvalue weighted by atomic mass is 9.95. The first-order valence-electron chi connectivity index (χ1n) is 8.01. The smallest absolute Gasteiger partial charge is 0.255 e. The van der Waals surface area contributed by atoms with Crippen molar-refractivity contribution in [2.45, 2.75) is 26.7 Å². The van der Waals surface area contributed by atoms with E-state index in [-0.39, 0.29) is 5.91 Å². The van der Waals surface area contributed by atoms with Gasteiger partial charge in [0.1, 0.15) is 0 Å². The van der Waals surface area contributed by atoms with Crippen molar-refractivity contribution in [2.75, 3.05) is 38.5 Å². The molecule has 0 radical (unpaired) electrons. The lowest BCUT2D eigenvalue weighted by molar-refractivity contribution is 0.0670. The summed E-state index contributed by atoms with van der Waals surface area (Å²) in [6.45, 7) is 9.48. The number of piperidine rings is 1. The van der Waals surface area contributed by atoms with E-state index >= 15 is 0 Å². The van der Waals surface area contributed by atoms with Gasteiger partial charge in [0.2, 0.25) is 0 Å². The van der Waals surface area contributed by atoms with Crippen LogP contribution in [0.3, 0.4) is 0 Å². The number of anilines is 1. The zero-order valence-electron chi connectivity index (χ0n) is 13.2. The second-order valence-corrected chi connectivity index (χ2v) is 5.81. The lowest BCUT2D eigenvalue weighted by Gasteiger charge is -2.34. The SMILES string of the molecule is CCN(CC)CC1CCN(C(=O)c2ccccc2N)CC1. The van der Waals surface area contributed by atoms with Crippen molar-refractivity contribution in [3.63, 3.8) is 0 Å². The summed E-state index contributed by atoms with van der Waals surface area (Å²) in [4.78, 5) is 16.9. The summed E-state index contributed by atoms with van der Waals surface area (Å²) in [5.41, 5.74) is 7.12. The van der Waals surface area contributed by atoms with E-state index in [4.69, 9.17) is 5.73 Å². The number of para-hydroxylation sites is 1. The van der Waals surface area contributed by atoms with E-state index in [0.29, 0.717) is 17.2 Å². The predicted molar refractivity (Wildman–Crippen MR) is 87.3 cm³/mol. The molecule has 0 spiro atoms. The first-order chi connectivity index (χ1) is 10.2. The van der Waals surface area contributed by atoms with E-state index in [2.05, 4.69) is 18.7 Å². The lowest BCUT2D eigenvalue weighted by Crippen LogP contribution is -2.41. The van der Waals surface area contributed by atoms with Gasteiger partial charge in [0.15, 0.2) is 0 Å². The van der Waals surface area contributed by atoms with Gasteiger partial charge in [0.05, 0.1) is 5.56 Å². The van der Waals surface area contributed by atoms with Crippen molar-refractivity contribution in [2.24, 2.45) is 5.92 Å². The molecule has 2 rings (SSSR count). The Balaban J connectivity index is 1.89. The van der Waals surface area contributed by atoms with Gasteiger partial charge in [-0.3, -0.25) is 4.79 Å². The Labute approximate surface area is 127 Å². The van der Waals surface area contributed by atoms with Gasteiger partial charge >= 0.3 is 0 Å². The molecule has 0 saturated carbocycles. The maximum Gasteiger partial charge on any atom is 0.255 e. The average Bonchev–Trinajstić information content (AvgIpc) is 2.53. The van der Waals surface area contributed by atoms with Crippen molar-refractivity contribution in [1.29, 1.82) is 0 Å². The highest BCUT2D eigenvalue weighted by atomic mass is 16.2. The molecule has 1 amide bonds. The fourth-order valence-electron chi connectivity index (χ4n) is 3.03. The summed E-state index contributed by atoms with van der Waals surface area (Å²) in [7, 11) is 0. The Bertz CT molecular complexity index is 463. The van der Waals surface area contributed by atoms with Crippen molar-refractivity contribution in [1.82, 2.24) is 9.80 Å². The van der Waals surface area contributed by atoms with Crippen molar-refractivity contribution in [3.8, 4) is 0 Å². The molecule has 0 aliphatic carbocycles. The molecular formula is C17H27N3O. The van der Waals surface area contributed by atoms with Gasteiger partial charge in [0.25, 0.3) is 5.91 Å². The van der Waals surface area contributed by atoms with Crippen LogP contribution in [0.4, 0.5) is 5.69 Å². The van der Waals surface area contributed by atoms with Crippen LogP contribution in [0.25, 0.3) is 0 Å².